The summed E-state index contributed by atoms with van der Waals surface area (Å²) in [6, 6.07) is 3.82. The fourth-order valence-electron chi connectivity index (χ4n) is 2.00. The Morgan fingerprint density at radius 1 is 1.53 bits per heavy atom. The molecule has 1 aromatic heterocycles. The first-order valence-corrected chi connectivity index (χ1v) is 6.08. The predicted octanol–water partition coefficient (Wildman–Crippen LogP) is 1.17. The zero-order valence-corrected chi connectivity index (χ0v) is 10.3. The number of rotatable bonds is 4. The van der Waals surface area contributed by atoms with Gasteiger partial charge in [0.05, 0.1) is 0 Å². The van der Waals surface area contributed by atoms with Crippen LogP contribution in [0.1, 0.15) is 25.3 Å². The molecule has 17 heavy (non-hydrogen) atoms. The molecule has 1 aromatic rings. The van der Waals surface area contributed by atoms with Crippen molar-refractivity contribution in [1.29, 1.82) is 0 Å². The van der Waals surface area contributed by atoms with Gasteiger partial charge in [0, 0.05) is 24.8 Å². The Balaban J connectivity index is 2.09. The molecule has 92 valence electrons. The number of pyridine rings is 1. The van der Waals surface area contributed by atoms with E-state index >= 15 is 0 Å². The summed E-state index contributed by atoms with van der Waals surface area (Å²) >= 11 is 0. The quantitative estimate of drug-likeness (QED) is 0.784. The van der Waals surface area contributed by atoms with Crippen LogP contribution in [0.15, 0.2) is 23.1 Å². The van der Waals surface area contributed by atoms with E-state index < -0.39 is 0 Å². The standard InChI is InChI=1S/C13H18N2O2/c1-3-15(11-4-5-11)13(17)9-14-7-6-10(2)8-12(14)16/h6-8,11H,3-5,9H2,1-2H3. The van der Waals surface area contributed by atoms with Crippen molar-refractivity contribution in [2.24, 2.45) is 0 Å². The minimum Gasteiger partial charge on any atom is -0.338 e. The lowest BCUT2D eigenvalue weighted by molar-refractivity contribution is -0.132. The zero-order chi connectivity index (χ0) is 12.4. The molecule has 1 aliphatic carbocycles. The van der Waals surface area contributed by atoms with E-state index in [9.17, 15) is 9.59 Å². The number of carbonyl (C=O) groups is 1. The van der Waals surface area contributed by atoms with Crippen LogP contribution >= 0.6 is 0 Å². The van der Waals surface area contributed by atoms with Crippen molar-refractivity contribution in [3.63, 3.8) is 0 Å². The first-order chi connectivity index (χ1) is 8.11. The van der Waals surface area contributed by atoms with Gasteiger partial charge in [0.15, 0.2) is 0 Å². The van der Waals surface area contributed by atoms with E-state index in [0.717, 1.165) is 24.9 Å². The molecule has 2 rings (SSSR count). The summed E-state index contributed by atoms with van der Waals surface area (Å²) in [7, 11) is 0. The van der Waals surface area contributed by atoms with Crippen molar-refractivity contribution in [3.05, 3.63) is 34.2 Å². The molecule has 0 aliphatic heterocycles. The van der Waals surface area contributed by atoms with Crippen molar-refractivity contribution in [2.75, 3.05) is 6.54 Å². The average Bonchev–Trinajstić information content (AvgIpc) is 3.08. The number of amides is 1. The van der Waals surface area contributed by atoms with Crippen LogP contribution in [0.2, 0.25) is 0 Å². The van der Waals surface area contributed by atoms with Gasteiger partial charge >= 0.3 is 0 Å². The Kier molecular flexibility index (Phi) is 3.31. The molecule has 4 heteroatoms. The number of hydrogen-bond acceptors (Lipinski definition) is 2. The second-order valence-electron chi connectivity index (χ2n) is 4.58. The molecule has 1 saturated carbocycles. The van der Waals surface area contributed by atoms with Gasteiger partial charge in [0.1, 0.15) is 6.54 Å². The van der Waals surface area contributed by atoms with E-state index in [1.165, 1.54) is 4.57 Å². The van der Waals surface area contributed by atoms with Crippen LogP contribution in [-0.2, 0) is 11.3 Å². The largest absolute Gasteiger partial charge is 0.338 e. The summed E-state index contributed by atoms with van der Waals surface area (Å²) in [4.78, 5) is 25.6. The van der Waals surface area contributed by atoms with Crippen LogP contribution in [0.25, 0.3) is 0 Å². The van der Waals surface area contributed by atoms with Gasteiger partial charge in [-0.1, -0.05) is 0 Å². The number of hydrogen-bond donors (Lipinski definition) is 0. The van der Waals surface area contributed by atoms with Gasteiger partial charge in [-0.05, 0) is 38.3 Å². The smallest absolute Gasteiger partial charge is 0.251 e. The highest BCUT2D eigenvalue weighted by Crippen LogP contribution is 2.26. The lowest BCUT2D eigenvalue weighted by Gasteiger charge is -2.20. The highest BCUT2D eigenvalue weighted by Gasteiger charge is 2.31. The molecule has 1 fully saturated rings. The summed E-state index contributed by atoms with van der Waals surface area (Å²) in [6.45, 7) is 4.73. The van der Waals surface area contributed by atoms with Crippen molar-refractivity contribution in [2.45, 2.75) is 39.3 Å². The Bertz CT molecular complexity index is 475. The summed E-state index contributed by atoms with van der Waals surface area (Å²) in [6.07, 6.45) is 3.89. The number of likely N-dealkylation sites (N-methyl/N-ethyl adjacent to an activating group) is 1. The maximum atomic E-state index is 12.0. The van der Waals surface area contributed by atoms with Crippen LogP contribution in [0.3, 0.4) is 0 Å². The number of aryl methyl sites for hydroxylation is 1. The third kappa shape index (κ3) is 2.75. The summed E-state index contributed by atoms with van der Waals surface area (Å²) in [5.74, 6) is 0.0425. The van der Waals surface area contributed by atoms with Gasteiger partial charge in [-0.3, -0.25) is 9.59 Å². The van der Waals surface area contributed by atoms with Crippen LogP contribution in [-0.4, -0.2) is 28.0 Å². The van der Waals surface area contributed by atoms with Crippen LogP contribution in [0.4, 0.5) is 0 Å². The zero-order valence-electron chi connectivity index (χ0n) is 10.3. The fourth-order valence-corrected chi connectivity index (χ4v) is 2.00. The molecule has 0 radical (unpaired) electrons. The van der Waals surface area contributed by atoms with E-state index in [1.54, 1.807) is 12.3 Å². The summed E-state index contributed by atoms with van der Waals surface area (Å²) in [5.41, 5.74) is 0.818. The van der Waals surface area contributed by atoms with E-state index in [-0.39, 0.29) is 18.0 Å². The SMILES string of the molecule is CCN(C(=O)Cn1ccc(C)cc1=O)C1CC1. The maximum Gasteiger partial charge on any atom is 0.251 e. The Morgan fingerprint density at radius 2 is 2.24 bits per heavy atom. The Morgan fingerprint density at radius 3 is 2.76 bits per heavy atom. The minimum atomic E-state index is -0.106. The first-order valence-electron chi connectivity index (χ1n) is 6.08. The van der Waals surface area contributed by atoms with E-state index in [2.05, 4.69) is 0 Å². The van der Waals surface area contributed by atoms with Crippen molar-refractivity contribution < 1.29 is 4.79 Å². The van der Waals surface area contributed by atoms with Gasteiger partial charge in [0.25, 0.3) is 5.56 Å². The van der Waals surface area contributed by atoms with Gasteiger partial charge < -0.3 is 9.47 Å². The normalized spacial score (nSPS) is 14.7. The molecule has 1 aliphatic rings. The lowest BCUT2D eigenvalue weighted by Crippen LogP contribution is -2.37. The summed E-state index contributed by atoms with van der Waals surface area (Å²) in [5, 5.41) is 0. The van der Waals surface area contributed by atoms with Crippen molar-refractivity contribution >= 4 is 5.91 Å². The molecule has 1 heterocycles. The molecule has 0 spiro atoms. The minimum absolute atomic E-state index is 0.0425. The molecule has 0 bridgehead atoms. The predicted molar refractivity (Wildman–Crippen MR) is 65.8 cm³/mol. The lowest BCUT2D eigenvalue weighted by atomic mass is 10.3. The maximum absolute atomic E-state index is 12.0. The topological polar surface area (TPSA) is 42.3 Å². The molecule has 0 N–H and O–H groups in total. The molecule has 0 atom stereocenters. The second-order valence-corrected chi connectivity index (χ2v) is 4.58. The molecule has 4 nitrogen and oxygen atoms in total. The second kappa shape index (κ2) is 4.73. The average molecular weight is 234 g/mol. The molecular formula is C13H18N2O2. The highest BCUT2D eigenvalue weighted by molar-refractivity contribution is 5.76. The number of nitrogens with zero attached hydrogens (tertiary/aromatic N) is 2. The van der Waals surface area contributed by atoms with Gasteiger partial charge in [-0.25, -0.2) is 0 Å². The third-order valence-corrected chi connectivity index (χ3v) is 3.11. The van der Waals surface area contributed by atoms with Gasteiger partial charge in [-0.15, -0.1) is 0 Å². The van der Waals surface area contributed by atoms with Crippen LogP contribution in [0, 0.1) is 6.92 Å². The number of carbonyl (C=O) groups excluding carboxylic acids is 1. The van der Waals surface area contributed by atoms with Crippen molar-refractivity contribution in [3.8, 4) is 0 Å². The molecule has 1 amide bonds. The monoisotopic (exact) mass is 234 g/mol. The Hall–Kier alpha value is -1.58. The Labute approximate surface area is 101 Å². The van der Waals surface area contributed by atoms with Gasteiger partial charge in [0.2, 0.25) is 5.91 Å². The third-order valence-electron chi connectivity index (χ3n) is 3.11. The van der Waals surface area contributed by atoms with E-state index in [4.69, 9.17) is 0 Å². The fraction of sp³-hybridized carbons (Fsp3) is 0.538. The van der Waals surface area contributed by atoms with E-state index in [1.807, 2.05) is 24.8 Å². The highest BCUT2D eigenvalue weighted by atomic mass is 16.2. The molecule has 0 unspecified atom stereocenters. The van der Waals surface area contributed by atoms with Crippen LogP contribution < -0.4 is 5.56 Å². The van der Waals surface area contributed by atoms with Crippen molar-refractivity contribution in [1.82, 2.24) is 9.47 Å². The van der Waals surface area contributed by atoms with Crippen LogP contribution in [0.5, 0.6) is 0 Å². The summed E-state index contributed by atoms with van der Waals surface area (Å²) < 4.78 is 1.47. The first kappa shape index (κ1) is 11.9. The van der Waals surface area contributed by atoms with Gasteiger partial charge in [-0.2, -0.15) is 0 Å². The molecular weight excluding hydrogens is 216 g/mol. The number of aromatic nitrogens is 1. The van der Waals surface area contributed by atoms with E-state index in [0.29, 0.717) is 6.04 Å². The molecule has 0 aromatic carbocycles. The molecule has 0 saturated heterocycles.